The quantitative estimate of drug-likeness (QED) is 0.628. The van der Waals surface area contributed by atoms with E-state index < -0.39 is 11.0 Å². The maximum atomic E-state index is 12.6. The molecule has 140 valence electrons. The Hall–Kier alpha value is -1.67. The number of halogens is 1. The molecular formula is C16H26ClN5O3. The number of carbonyl (C=O) groups excluding carboxylic acids is 1. The maximum Gasteiger partial charge on any atom is 0.434 e. The van der Waals surface area contributed by atoms with Gasteiger partial charge in [0.05, 0.1) is 12.6 Å². The van der Waals surface area contributed by atoms with E-state index in [1.165, 1.54) is 36.4 Å². The predicted molar refractivity (Wildman–Crippen MR) is 95.4 cm³/mol. The average molecular weight is 372 g/mol. The summed E-state index contributed by atoms with van der Waals surface area (Å²) in [6.45, 7) is 1.93. The van der Waals surface area contributed by atoms with Crippen molar-refractivity contribution in [1.29, 1.82) is 0 Å². The van der Waals surface area contributed by atoms with E-state index in [0.717, 1.165) is 25.4 Å². The fourth-order valence-electron chi connectivity index (χ4n) is 4.09. The molecule has 2 fully saturated rings. The van der Waals surface area contributed by atoms with Crippen molar-refractivity contribution in [2.75, 3.05) is 13.1 Å². The highest BCUT2D eigenvalue weighted by Crippen LogP contribution is 2.36. The predicted octanol–water partition coefficient (Wildman–Crippen LogP) is 1.97. The van der Waals surface area contributed by atoms with E-state index in [2.05, 4.69) is 4.98 Å². The van der Waals surface area contributed by atoms with Crippen LogP contribution in [0.2, 0.25) is 0 Å². The number of carbonyl (C=O) groups is 1. The number of hydrogen-bond donors (Lipinski definition) is 1. The van der Waals surface area contributed by atoms with E-state index >= 15 is 0 Å². The topological polar surface area (TPSA) is 107 Å². The first-order valence-electron chi connectivity index (χ1n) is 8.76. The molecular weight excluding hydrogens is 346 g/mol. The van der Waals surface area contributed by atoms with E-state index in [1.807, 2.05) is 4.90 Å². The van der Waals surface area contributed by atoms with E-state index in [0.29, 0.717) is 18.9 Å². The number of imidazole rings is 1. The van der Waals surface area contributed by atoms with Crippen molar-refractivity contribution in [3.63, 3.8) is 0 Å². The standard InChI is InChI=1S/C16H25N5O3.ClH/c17-14(6-9-19-10-7-18-16(19)21(23)24)15(22)20-8-5-12-3-1-2-4-13(12)11-20;/h7,10,12-14H,1-6,8-9,11,17H2;1H/t12-,13+,14?;/m1./s1. The molecule has 1 saturated heterocycles. The molecule has 1 amide bonds. The van der Waals surface area contributed by atoms with Crippen LogP contribution in [0.4, 0.5) is 5.95 Å². The van der Waals surface area contributed by atoms with Crippen molar-refractivity contribution < 1.29 is 9.72 Å². The van der Waals surface area contributed by atoms with E-state index in [9.17, 15) is 14.9 Å². The van der Waals surface area contributed by atoms with E-state index in [1.54, 1.807) is 6.20 Å². The Morgan fingerprint density at radius 2 is 2.08 bits per heavy atom. The lowest BCUT2D eigenvalue weighted by Crippen LogP contribution is -2.50. The van der Waals surface area contributed by atoms with Crippen LogP contribution < -0.4 is 5.73 Å². The second-order valence-electron chi connectivity index (χ2n) is 6.95. The molecule has 1 aliphatic heterocycles. The lowest BCUT2D eigenvalue weighted by Gasteiger charge is -2.42. The summed E-state index contributed by atoms with van der Waals surface area (Å²) in [5, 5.41) is 10.9. The van der Waals surface area contributed by atoms with Crippen molar-refractivity contribution >= 4 is 24.3 Å². The first-order valence-corrected chi connectivity index (χ1v) is 8.76. The first kappa shape index (κ1) is 19.7. The molecule has 2 aliphatic rings. The smallest absolute Gasteiger partial charge is 0.390 e. The van der Waals surface area contributed by atoms with Crippen LogP contribution in [-0.2, 0) is 11.3 Å². The number of rotatable bonds is 5. The minimum atomic E-state index is -0.618. The average Bonchev–Trinajstić information content (AvgIpc) is 3.07. The Bertz CT molecular complexity index is 608. The summed E-state index contributed by atoms with van der Waals surface area (Å²) in [6, 6.07) is -0.618. The second-order valence-corrected chi connectivity index (χ2v) is 6.95. The maximum absolute atomic E-state index is 12.6. The third-order valence-electron chi connectivity index (χ3n) is 5.46. The monoisotopic (exact) mass is 371 g/mol. The molecule has 1 aromatic rings. The molecule has 1 aliphatic carbocycles. The SMILES string of the molecule is Cl.NC(CCn1ccnc1[N+](=O)[O-])C(=O)N1CC[C@H]2CCCC[C@H]2C1. The number of hydrogen-bond acceptors (Lipinski definition) is 5. The van der Waals surface area contributed by atoms with Crippen LogP contribution in [0.25, 0.3) is 0 Å². The van der Waals surface area contributed by atoms with Crippen molar-refractivity contribution in [3.8, 4) is 0 Å². The highest BCUT2D eigenvalue weighted by molar-refractivity contribution is 5.85. The molecule has 3 rings (SSSR count). The lowest BCUT2D eigenvalue weighted by atomic mass is 9.75. The molecule has 1 saturated carbocycles. The van der Waals surface area contributed by atoms with Crippen LogP contribution in [0.5, 0.6) is 0 Å². The number of nitrogens with zero attached hydrogens (tertiary/aromatic N) is 4. The first-order chi connectivity index (χ1) is 11.6. The molecule has 3 atom stereocenters. The number of likely N-dealkylation sites (tertiary alicyclic amines) is 1. The van der Waals surface area contributed by atoms with Crippen molar-refractivity contribution in [1.82, 2.24) is 14.5 Å². The molecule has 25 heavy (non-hydrogen) atoms. The number of amides is 1. The molecule has 0 aromatic carbocycles. The van der Waals surface area contributed by atoms with Gasteiger partial charge in [0.2, 0.25) is 5.91 Å². The zero-order chi connectivity index (χ0) is 17.1. The number of aromatic nitrogens is 2. The van der Waals surface area contributed by atoms with E-state index in [4.69, 9.17) is 5.73 Å². The van der Waals surface area contributed by atoms with Crippen molar-refractivity contribution in [3.05, 3.63) is 22.5 Å². The summed E-state index contributed by atoms with van der Waals surface area (Å²) in [5.41, 5.74) is 6.06. The van der Waals surface area contributed by atoms with E-state index in [-0.39, 0.29) is 24.3 Å². The van der Waals surface area contributed by atoms with Crippen LogP contribution in [-0.4, -0.2) is 44.4 Å². The Kier molecular flexibility index (Phi) is 6.78. The zero-order valence-corrected chi connectivity index (χ0v) is 15.1. The van der Waals surface area contributed by atoms with Gasteiger partial charge in [0.25, 0.3) is 0 Å². The van der Waals surface area contributed by atoms with Crippen molar-refractivity contribution in [2.24, 2.45) is 17.6 Å². The van der Waals surface area contributed by atoms with Crippen LogP contribution in [0.3, 0.4) is 0 Å². The second kappa shape index (κ2) is 8.62. The Balaban J connectivity index is 0.00000225. The van der Waals surface area contributed by atoms with Gasteiger partial charge in [-0.2, -0.15) is 0 Å². The Morgan fingerprint density at radius 1 is 1.36 bits per heavy atom. The number of fused-ring (bicyclic) bond motifs is 1. The van der Waals surface area contributed by atoms with Crippen LogP contribution in [0, 0.1) is 22.0 Å². The third kappa shape index (κ3) is 4.49. The van der Waals surface area contributed by atoms with Gasteiger partial charge in [-0.25, -0.2) is 4.57 Å². The summed E-state index contributed by atoms with van der Waals surface area (Å²) in [7, 11) is 0. The molecule has 0 radical (unpaired) electrons. The van der Waals surface area contributed by atoms with Gasteiger partial charge >= 0.3 is 5.95 Å². The number of aryl methyl sites for hydroxylation is 1. The molecule has 0 spiro atoms. The highest BCUT2D eigenvalue weighted by atomic mass is 35.5. The molecule has 9 heteroatoms. The van der Waals surface area contributed by atoms with Crippen LogP contribution in [0.15, 0.2) is 12.4 Å². The largest absolute Gasteiger partial charge is 0.434 e. The van der Waals surface area contributed by atoms with Crippen LogP contribution >= 0.6 is 12.4 Å². The number of nitro groups is 1. The minimum absolute atomic E-state index is 0. The van der Waals surface area contributed by atoms with Gasteiger partial charge < -0.3 is 20.7 Å². The zero-order valence-electron chi connectivity index (χ0n) is 14.2. The van der Waals surface area contributed by atoms with Gasteiger partial charge in [0.1, 0.15) is 12.4 Å². The summed E-state index contributed by atoms with van der Waals surface area (Å²) >= 11 is 0. The lowest BCUT2D eigenvalue weighted by molar-refractivity contribution is -0.396. The fourth-order valence-corrected chi connectivity index (χ4v) is 4.09. The summed E-state index contributed by atoms with van der Waals surface area (Å²) < 4.78 is 1.43. The molecule has 8 nitrogen and oxygen atoms in total. The summed E-state index contributed by atoms with van der Waals surface area (Å²) in [6.07, 6.45) is 9.48. The fraction of sp³-hybridized carbons (Fsp3) is 0.750. The number of piperidine rings is 1. The van der Waals surface area contributed by atoms with Gasteiger partial charge in [0, 0.05) is 19.5 Å². The normalized spacial score (nSPS) is 24.1. The Labute approximate surface area is 153 Å². The third-order valence-corrected chi connectivity index (χ3v) is 5.46. The minimum Gasteiger partial charge on any atom is -0.390 e. The molecule has 2 N–H and O–H groups in total. The van der Waals surface area contributed by atoms with Gasteiger partial charge in [-0.3, -0.25) is 4.79 Å². The molecule has 1 unspecified atom stereocenters. The highest BCUT2D eigenvalue weighted by Gasteiger charge is 2.34. The summed E-state index contributed by atoms with van der Waals surface area (Å²) in [4.78, 5) is 28.5. The van der Waals surface area contributed by atoms with Crippen molar-refractivity contribution in [2.45, 2.75) is 51.1 Å². The van der Waals surface area contributed by atoms with Gasteiger partial charge in [-0.05, 0) is 29.6 Å². The summed E-state index contributed by atoms with van der Waals surface area (Å²) in [5.74, 6) is 1.16. The van der Waals surface area contributed by atoms with Gasteiger partial charge in [0.15, 0.2) is 0 Å². The number of nitrogens with two attached hydrogens (primary N) is 1. The Morgan fingerprint density at radius 3 is 2.80 bits per heavy atom. The molecule has 2 heterocycles. The van der Waals surface area contributed by atoms with Gasteiger partial charge in [-0.15, -0.1) is 12.4 Å². The molecule has 0 bridgehead atoms. The van der Waals surface area contributed by atoms with Gasteiger partial charge in [-0.1, -0.05) is 24.2 Å². The van der Waals surface area contributed by atoms with Crippen LogP contribution in [0.1, 0.15) is 38.5 Å². The molecule has 1 aromatic heterocycles.